The first-order valence-electron chi connectivity index (χ1n) is 10.2. The molecule has 0 saturated carbocycles. The molecular weight excluding hydrogens is 490 g/mol. The zero-order chi connectivity index (χ0) is 26.3. The van der Waals surface area contributed by atoms with Crippen molar-refractivity contribution >= 4 is 28.5 Å². The van der Waals surface area contributed by atoms with Gasteiger partial charge in [-0.15, -0.1) is 0 Å². The highest BCUT2D eigenvalue weighted by Gasteiger charge is 2.37. The third-order valence-corrected chi connectivity index (χ3v) is 5.23. The molecule has 0 radical (unpaired) electrons. The second kappa shape index (κ2) is 8.99. The molecule has 0 fully saturated rings. The van der Waals surface area contributed by atoms with Gasteiger partial charge in [0.05, 0.1) is 33.5 Å². The van der Waals surface area contributed by atoms with Crippen molar-refractivity contribution in [1.29, 1.82) is 0 Å². The van der Waals surface area contributed by atoms with Gasteiger partial charge in [0.2, 0.25) is 0 Å². The molecule has 2 N–H and O–H groups in total. The monoisotopic (exact) mass is 504 g/mol. The summed E-state index contributed by atoms with van der Waals surface area (Å²) in [6.07, 6.45) is -9.97. The lowest BCUT2D eigenvalue weighted by Gasteiger charge is -2.14. The molecule has 0 spiro atoms. The smallest absolute Gasteiger partial charge is 0.416 e. The predicted molar refractivity (Wildman–Crippen MR) is 119 cm³/mol. The standard InChI is InChI=1S/C25H14F6N2O3/c26-24(27,28)15-9-14(10-16(12-15)25(29,30)31)21-7-5-13-11-17(6-8-20(13)33-21)32-22(34)18-3-1-2-4-19(18)23(35)36/h1-12H,(H,32,34)(H,35,36). The Bertz CT molecular complexity index is 1460. The van der Waals surface area contributed by atoms with Crippen LogP contribution in [0.3, 0.4) is 0 Å². The number of pyridine rings is 1. The maximum absolute atomic E-state index is 13.2. The van der Waals surface area contributed by atoms with Crippen LogP contribution >= 0.6 is 0 Å². The molecule has 1 aromatic heterocycles. The third kappa shape index (κ3) is 5.14. The fourth-order valence-corrected chi connectivity index (χ4v) is 3.53. The van der Waals surface area contributed by atoms with E-state index in [2.05, 4.69) is 10.3 Å². The number of amides is 1. The van der Waals surface area contributed by atoms with E-state index in [0.717, 1.165) is 0 Å². The van der Waals surface area contributed by atoms with Crippen molar-refractivity contribution in [3.63, 3.8) is 0 Å². The number of aromatic nitrogens is 1. The minimum absolute atomic E-state index is 0.0437. The maximum Gasteiger partial charge on any atom is 0.416 e. The Labute approximate surface area is 199 Å². The summed E-state index contributed by atoms with van der Waals surface area (Å²) >= 11 is 0. The first-order valence-corrected chi connectivity index (χ1v) is 10.2. The molecule has 1 heterocycles. The van der Waals surface area contributed by atoms with Crippen molar-refractivity contribution < 1.29 is 41.0 Å². The first-order chi connectivity index (χ1) is 16.8. The average molecular weight is 504 g/mol. The SMILES string of the molecule is O=C(O)c1ccccc1C(=O)Nc1ccc2nc(-c3cc(C(F)(F)F)cc(C(F)(F)F)c3)ccc2c1. The molecule has 184 valence electrons. The molecule has 5 nitrogen and oxygen atoms in total. The normalized spacial score (nSPS) is 11.9. The fourth-order valence-electron chi connectivity index (χ4n) is 3.53. The number of carbonyl (C=O) groups is 2. The molecule has 36 heavy (non-hydrogen) atoms. The van der Waals surface area contributed by atoms with E-state index in [1.54, 1.807) is 0 Å². The van der Waals surface area contributed by atoms with Gasteiger partial charge < -0.3 is 10.4 Å². The van der Waals surface area contributed by atoms with Gasteiger partial charge in [-0.05, 0) is 54.6 Å². The molecule has 0 aliphatic heterocycles. The Morgan fingerprint density at radius 2 is 1.36 bits per heavy atom. The van der Waals surface area contributed by atoms with Crippen LogP contribution in [0.25, 0.3) is 22.2 Å². The van der Waals surface area contributed by atoms with E-state index in [1.165, 1.54) is 54.6 Å². The molecule has 0 unspecified atom stereocenters. The number of halogens is 6. The number of nitrogens with zero attached hydrogens (tertiary/aromatic N) is 1. The van der Waals surface area contributed by atoms with Gasteiger partial charge in [-0.25, -0.2) is 9.78 Å². The molecule has 4 rings (SSSR count). The predicted octanol–water partition coefficient (Wildman–Crippen LogP) is 6.89. The summed E-state index contributed by atoms with van der Waals surface area (Å²) in [5, 5.41) is 12.2. The topological polar surface area (TPSA) is 79.3 Å². The molecular formula is C25H14F6N2O3. The first kappa shape index (κ1) is 24.7. The van der Waals surface area contributed by atoms with Crippen LogP contribution in [-0.4, -0.2) is 22.0 Å². The number of anilines is 1. The number of aromatic carboxylic acids is 1. The van der Waals surface area contributed by atoms with Gasteiger partial charge in [0.25, 0.3) is 5.91 Å². The second-order valence-electron chi connectivity index (χ2n) is 7.70. The Morgan fingerprint density at radius 3 is 1.94 bits per heavy atom. The second-order valence-corrected chi connectivity index (χ2v) is 7.70. The summed E-state index contributed by atoms with van der Waals surface area (Å²) in [7, 11) is 0. The zero-order valence-corrected chi connectivity index (χ0v) is 17.9. The number of carboxylic acids is 1. The highest BCUT2D eigenvalue weighted by Crippen LogP contribution is 2.38. The van der Waals surface area contributed by atoms with E-state index in [1.807, 2.05) is 0 Å². The number of benzene rings is 3. The summed E-state index contributed by atoms with van der Waals surface area (Å²) in [6.45, 7) is 0. The highest BCUT2D eigenvalue weighted by molar-refractivity contribution is 6.11. The van der Waals surface area contributed by atoms with Crippen molar-refractivity contribution in [3.05, 3.63) is 95.1 Å². The minimum atomic E-state index is -4.99. The molecule has 0 aliphatic rings. The summed E-state index contributed by atoms with van der Waals surface area (Å²) < 4.78 is 79.1. The van der Waals surface area contributed by atoms with Gasteiger partial charge in [-0.2, -0.15) is 26.3 Å². The van der Waals surface area contributed by atoms with Crippen LogP contribution in [0.4, 0.5) is 32.0 Å². The van der Waals surface area contributed by atoms with Crippen LogP contribution in [0.2, 0.25) is 0 Å². The molecule has 4 aromatic rings. The summed E-state index contributed by atoms with van der Waals surface area (Å²) in [4.78, 5) is 28.1. The quantitative estimate of drug-likeness (QED) is 0.297. The number of nitrogens with one attached hydrogen (secondary N) is 1. The van der Waals surface area contributed by atoms with Gasteiger partial charge in [0.1, 0.15) is 0 Å². The van der Waals surface area contributed by atoms with Gasteiger partial charge in [-0.1, -0.05) is 18.2 Å². The van der Waals surface area contributed by atoms with Crippen LogP contribution in [0.15, 0.2) is 72.8 Å². The van der Waals surface area contributed by atoms with Crippen LogP contribution in [0, 0.1) is 0 Å². The lowest BCUT2D eigenvalue weighted by molar-refractivity contribution is -0.143. The van der Waals surface area contributed by atoms with E-state index in [-0.39, 0.29) is 39.7 Å². The van der Waals surface area contributed by atoms with Crippen LogP contribution < -0.4 is 5.32 Å². The number of carboxylic acid groups (broad SMARTS) is 1. The zero-order valence-electron chi connectivity index (χ0n) is 17.9. The van der Waals surface area contributed by atoms with Crippen molar-refractivity contribution in [3.8, 4) is 11.3 Å². The Balaban J connectivity index is 1.68. The molecule has 11 heteroatoms. The van der Waals surface area contributed by atoms with Gasteiger partial charge in [0.15, 0.2) is 0 Å². The summed E-state index contributed by atoms with van der Waals surface area (Å²) in [5.74, 6) is -1.96. The van der Waals surface area contributed by atoms with Crippen molar-refractivity contribution in [2.75, 3.05) is 5.32 Å². The molecule has 0 aliphatic carbocycles. The summed E-state index contributed by atoms with van der Waals surface area (Å²) in [5.41, 5.74) is -3.09. The molecule has 0 bridgehead atoms. The lowest BCUT2D eigenvalue weighted by atomic mass is 10.0. The largest absolute Gasteiger partial charge is 0.478 e. The van der Waals surface area contributed by atoms with Crippen LogP contribution in [0.5, 0.6) is 0 Å². The van der Waals surface area contributed by atoms with Crippen molar-refractivity contribution in [2.24, 2.45) is 0 Å². The van der Waals surface area contributed by atoms with E-state index in [4.69, 9.17) is 0 Å². The number of hydrogen-bond donors (Lipinski definition) is 2. The molecule has 3 aromatic carbocycles. The average Bonchev–Trinajstić information content (AvgIpc) is 2.82. The molecule has 0 saturated heterocycles. The van der Waals surface area contributed by atoms with Crippen LogP contribution in [-0.2, 0) is 12.4 Å². The number of alkyl halides is 6. The number of fused-ring (bicyclic) bond motifs is 1. The Hall–Kier alpha value is -4.41. The van der Waals surface area contributed by atoms with Crippen molar-refractivity contribution in [1.82, 2.24) is 4.98 Å². The minimum Gasteiger partial charge on any atom is -0.478 e. The van der Waals surface area contributed by atoms with E-state index >= 15 is 0 Å². The number of hydrogen-bond acceptors (Lipinski definition) is 3. The number of carbonyl (C=O) groups excluding carboxylic acids is 1. The Morgan fingerprint density at radius 1 is 0.750 bits per heavy atom. The fraction of sp³-hybridized carbons (Fsp3) is 0.0800. The maximum atomic E-state index is 13.2. The third-order valence-electron chi connectivity index (χ3n) is 5.23. The van der Waals surface area contributed by atoms with E-state index < -0.39 is 35.4 Å². The van der Waals surface area contributed by atoms with Gasteiger partial charge in [0, 0.05) is 16.6 Å². The van der Waals surface area contributed by atoms with E-state index in [9.17, 15) is 41.0 Å². The van der Waals surface area contributed by atoms with E-state index in [0.29, 0.717) is 17.5 Å². The number of rotatable bonds is 4. The van der Waals surface area contributed by atoms with Crippen molar-refractivity contribution in [2.45, 2.75) is 12.4 Å². The van der Waals surface area contributed by atoms with Crippen LogP contribution in [0.1, 0.15) is 31.8 Å². The van der Waals surface area contributed by atoms with Gasteiger partial charge >= 0.3 is 18.3 Å². The Kier molecular flexibility index (Phi) is 6.17. The summed E-state index contributed by atoms with van der Waals surface area (Å²) in [6, 6.07) is 13.9. The highest BCUT2D eigenvalue weighted by atomic mass is 19.4. The van der Waals surface area contributed by atoms with Gasteiger partial charge in [-0.3, -0.25) is 4.79 Å². The molecule has 1 amide bonds. The molecule has 0 atom stereocenters. The lowest BCUT2D eigenvalue weighted by Crippen LogP contribution is -2.16.